The van der Waals surface area contributed by atoms with Gasteiger partial charge in [0.15, 0.2) is 0 Å². The van der Waals surface area contributed by atoms with Gasteiger partial charge in [-0.05, 0) is 31.0 Å². The van der Waals surface area contributed by atoms with Gasteiger partial charge in [0.1, 0.15) is 12.4 Å². The minimum absolute atomic E-state index is 0.0789. The van der Waals surface area contributed by atoms with E-state index in [1.165, 1.54) is 0 Å². The molecule has 0 saturated heterocycles. The third-order valence-electron chi connectivity index (χ3n) is 4.50. The van der Waals surface area contributed by atoms with Crippen molar-refractivity contribution in [1.29, 1.82) is 0 Å². The summed E-state index contributed by atoms with van der Waals surface area (Å²) in [5.74, 6) is 0.849. The largest absolute Gasteiger partial charge is 0.492 e. The van der Waals surface area contributed by atoms with E-state index in [4.69, 9.17) is 22.1 Å². The van der Waals surface area contributed by atoms with E-state index >= 15 is 0 Å². The van der Waals surface area contributed by atoms with Crippen molar-refractivity contribution < 1.29 is 9.53 Å². The molecule has 1 aliphatic rings. The van der Waals surface area contributed by atoms with Crippen molar-refractivity contribution in [2.75, 3.05) is 18.5 Å². The first kappa shape index (κ1) is 17.8. The van der Waals surface area contributed by atoms with E-state index in [1.54, 1.807) is 10.9 Å². The fourth-order valence-corrected chi connectivity index (χ4v) is 3.50. The van der Waals surface area contributed by atoms with Crippen molar-refractivity contribution in [2.24, 2.45) is 18.7 Å². The molecule has 1 fully saturated rings. The van der Waals surface area contributed by atoms with Crippen LogP contribution in [0.4, 0.5) is 5.69 Å². The third kappa shape index (κ3) is 3.96. The maximum Gasteiger partial charge on any atom is 0.227 e. The summed E-state index contributed by atoms with van der Waals surface area (Å²) in [6.45, 7) is 0.814. The summed E-state index contributed by atoms with van der Waals surface area (Å²) in [5.41, 5.74) is 7.79. The van der Waals surface area contributed by atoms with Crippen molar-refractivity contribution in [3.63, 3.8) is 0 Å². The Morgan fingerprint density at radius 3 is 2.84 bits per heavy atom. The molecular weight excluding hydrogens is 340 g/mol. The average Bonchev–Trinajstić information content (AvgIpc) is 3.24. The Hall–Kier alpha value is -2.05. The number of anilines is 1. The van der Waals surface area contributed by atoms with Gasteiger partial charge in [0, 0.05) is 30.8 Å². The summed E-state index contributed by atoms with van der Waals surface area (Å²) >= 11 is 6.30. The van der Waals surface area contributed by atoms with Crippen LogP contribution in [0.5, 0.6) is 5.75 Å². The van der Waals surface area contributed by atoms with E-state index in [-0.39, 0.29) is 11.8 Å². The van der Waals surface area contributed by atoms with Crippen LogP contribution in [0.1, 0.15) is 25.7 Å². The number of amides is 1. The number of nitrogens with two attached hydrogens (primary N) is 1. The molecule has 0 bridgehead atoms. The van der Waals surface area contributed by atoms with Gasteiger partial charge in [0.2, 0.25) is 5.91 Å². The van der Waals surface area contributed by atoms with Crippen LogP contribution >= 0.6 is 11.6 Å². The van der Waals surface area contributed by atoms with E-state index in [1.807, 2.05) is 25.2 Å². The molecule has 2 aromatic rings. The summed E-state index contributed by atoms with van der Waals surface area (Å²) in [7, 11) is 1.82. The molecule has 1 aliphatic carbocycles. The topological polar surface area (TPSA) is 82.2 Å². The van der Waals surface area contributed by atoms with E-state index in [0.717, 1.165) is 42.6 Å². The summed E-state index contributed by atoms with van der Waals surface area (Å²) < 4.78 is 7.43. The van der Waals surface area contributed by atoms with Gasteiger partial charge in [-0.15, -0.1) is 0 Å². The maximum absolute atomic E-state index is 12.4. The summed E-state index contributed by atoms with van der Waals surface area (Å²) in [6, 6.07) is 5.55. The van der Waals surface area contributed by atoms with E-state index in [2.05, 4.69) is 10.4 Å². The molecule has 0 spiro atoms. The lowest BCUT2D eigenvalue weighted by Gasteiger charge is -2.15. The number of ether oxygens (including phenoxy) is 1. The second kappa shape index (κ2) is 7.89. The highest BCUT2D eigenvalue weighted by Gasteiger charge is 2.23. The van der Waals surface area contributed by atoms with Gasteiger partial charge in [-0.25, -0.2) is 0 Å². The lowest BCUT2D eigenvalue weighted by atomic mass is 10.1. The Labute approximate surface area is 152 Å². The number of hydrogen-bond acceptors (Lipinski definition) is 4. The van der Waals surface area contributed by atoms with E-state index in [0.29, 0.717) is 23.9 Å². The number of halogens is 1. The van der Waals surface area contributed by atoms with Crippen LogP contribution in [0.15, 0.2) is 24.4 Å². The second-order valence-electron chi connectivity index (χ2n) is 6.28. The standard InChI is InChI=1S/C18H23ClN4O2/c1-23-17(15(19)11-21-23)14-10-13(6-7-16(14)25-9-8-20)22-18(24)12-4-2-3-5-12/h6-7,10-12H,2-5,8-9,20H2,1H3,(H,22,24). The molecule has 0 radical (unpaired) electrons. The molecule has 1 heterocycles. The van der Waals surface area contributed by atoms with Gasteiger partial charge in [-0.2, -0.15) is 5.10 Å². The highest BCUT2D eigenvalue weighted by Crippen LogP contribution is 2.37. The maximum atomic E-state index is 12.4. The molecule has 25 heavy (non-hydrogen) atoms. The van der Waals surface area contributed by atoms with Crippen LogP contribution in [0.25, 0.3) is 11.3 Å². The number of hydrogen-bond donors (Lipinski definition) is 2. The number of aromatic nitrogens is 2. The van der Waals surface area contributed by atoms with Gasteiger partial charge >= 0.3 is 0 Å². The minimum atomic E-state index is 0.0789. The molecule has 134 valence electrons. The van der Waals surface area contributed by atoms with Gasteiger partial charge in [-0.3, -0.25) is 9.48 Å². The number of rotatable bonds is 6. The molecule has 1 saturated carbocycles. The zero-order chi connectivity index (χ0) is 17.8. The number of benzene rings is 1. The minimum Gasteiger partial charge on any atom is -0.492 e. The molecule has 3 rings (SSSR count). The zero-order valence-corrected chi connectivity index (χ0v) is 15.1. The SMILES string of the molecule is Cn1ncc(Cl)c1-c1cc(NC(=O)C2CCCC2)ccc1OCCN. The average molecular weight is 363 g/mol. The first-order chi connectivity index (χ1) is 12.1. The predicted octanol–water partition coefficient (Wildman–Crippen LogP) is 3.21. The van der Waals surface area contributed by atoms with Crippen molar-refractivity contribution in [3.8, 4) is 17.0 Å². The normalized spacial score (nSPS) is 14.7. The van der Waals surface area contributed by atoms with E-state index < -0.39 is 0 Å². The number of nitrogens with zero attached hydrogens (tertiary/aromatic N) is 2. The number of carbonyl (C=O) groups is 1. The van der Waals surface area contributed by atoms with Gasteiger partial charge < -0.3 is 15.8 Å². The molecule has 1 aromatic heterocycles. The second-order valence-corrected chi connectivity index (χ2v) is 6.69. The number of aryl methyl sites for hydroxylation is 1. The first-order valence-corrected chi connectivity index (χ1v) is 8.93. The molecule has 1 amide bonds. The van der Waals surface area contributed by atoms with Crippen LogP contribution in [0, 0.1) is 5.92 Å². The highest BCUT2D eigenvalue weighted by molar-refractivity contribution is 6.33. The fourth-order valence-electron chi connectivity index (χ4n) is 3.23. The smallest absolute Gasteiger partial charge is 0.227 e. The molecule has 1 aromatic carbocycles. The van der Waals surface area contributed by atoms with Crippen molar-refractivity contribution in [3.05, 3.63) is 29.4 Å². The van der Waals surface area contributed by atoms with Gasteiger partial charge in [0.25, 0.3) is 0 Å². The molecule has 0 unspecified atom stereocenters. The van der Waals surface area contributed by atoms with Crippen molar-refractivity contribution in [2.45, 2.75) is 25.7 Å². The van der Waals surface area contributed by atoms with Crippen LogP contribution in [0.2, 0.25) is 5.02 Å². The molecule has 0 atom stereocenters. The predicted molar refractivity (Wildman–Crippen MR) is 98.8 cm³/mol. The quantitative estimate of drug-likeness (QED) is 0.826. The monoisotopic (exact) mass is 362 g/mol. The molecule has 3 N–H and O–H groups in total. The van der Waals surface area contributed by atoms with Crippen molar-refractivity contribution in [1.82, 2.24) is 9.78 Å². The first-order valence-electron chi connectivity index (χ1n) is 8.56. The molecular formula is C18H23ClN4O2. The number of nitrogens with one attached hydrogen (secondary N) is 1. The van der Waals surface area contributed by atoms with Crippen LogP contribution in [-0.4, -0.2) is 28.8 Å². The molecule has 6 nitrogen and oxygen atoms in total. The Morgan fingerprint density at radius 2 is 2.20 bits per heavy atom. The summed E-state index contributed by atoms with van der Waals surface area (Å²) in [5, 5.41) is 7.73. The summed E-state index contributed by atoms with van der Waals surface area (Å²) in [4.78, 5) is 12.4. The fraction of sp³-hybridized carbons (Fsp3) is 0.444. The van der Waals surface area contributed by atoms with Crippen LogP contribution in [0.3, 0.4) is 0 Å². The third-order valence-corrected chi connectivity index (χ3v) is 4.77. The molecule has 7 heteroatoms. The number of carbonyl (C=O) groups excluding carboxylic acids is 1. The lowest BCUT2D eigenvalue weighted by molar-refractivity contribution is -0.119. The zero-order valence-electron chi connectivity index (χ0n) is 14.3. The van der Waals surface area contributed by atoms with E-state index in [9.17, 15) is 4.79 Å². The summed E-state index contributed by atoms with van der Waals surface area (Å²) in [6.07, 6.45) is 5.76. The Bertz CT molecular complexity index is 734. The molecule has 0 aliphatic heterocycles. The Kier molecular flexibility index (Phi) is 5.60. The Morgan fingerprint density at radius 1 is 1.44 bits per heavy atom. The van der Waals surface area contributed by atoms with Gasteiger partial charge in [0.05, 0.1) is 16.9 Å². The van der Waals surface area contributed by atoms with Crippen LogP contribution in [-0.2, 0) is 11.8 Å². The Balaban J connectivity index is 1.91. The van der Waals surface area contributed by atoms with Crippen molar-refractivity contribution >= 4 is 23.2 Å². The highest BCUT2D eigenvalue weighted by atomic mass is 35.5. The van der Waals surface area contributed by atoms with Crippen LogP contribution < -0.4 is 15.8 Å². The lowest BCUT2D eigenvalue weighted by Crippen LogP contribution is -2.20. The van der Waals surface area contributed by atoms with Gasteiger partial charge in [-0.1, -0.05) is 24.4 Å².